The highest BCUT2D eigenvalue weighted by Gasteiger charge is 2.15. The molecular weight excluding hydrogens is 268 g/mol. The van der Waals surface area contributed by atoms with Crippen molar-refractivity contribution in [3.8, 4) is 22.7 Å². The molecule has 2 heterocycles. The van der Waals surface area contributed by atoms with Gasteiger partial charge in [-0.2, -0.15) is 0 Å². The summed E-state index contributed by atoms with van der Waals surface area (Å²) in [6, 6.07) is 11.2. The van der Waals surface area contributed by atoms with Crippen molar-refractivity contribution >= 4 is 0 Å². The molecule has 0 atom stereocenters. The third-order valence-electron chi connectivity index (χ3n) is 3.14. The molecule has 2 aromatic heterocycles. The van der Waals surface area contributed by atoms with Crippen LogP contribution in [0.5, 0.6) is 5.75 Å². The maximum atomic E-state index is 9.47. The second-order valence-corrected chi connectivity index (χ2v) is 4.39. The molecule has 1 N–H and O–H groups in total. The highest BCUT2D eigenvalue weighted by atomic mass is 16.5. The second kappa shape index (κ2) is 5.72. The molecule has 3 aromatic rings. The van der Waals surface area contributed by atoms with Gasteiger partial charge in [0.1, 0.15) is 17.1 Å². The fourth-order valence-electron chi connectivity index (χ4n) is 2.12. The van der Waals surface area contributed by atoms with Gasteiger partial charge >= 0.3 is 0 Å². The number of rotatable bonds is 4. The molecule has 0 fully saturated rings. The van der Waals surface area contributed by atoms with E-state index in [4.69, 9.17) is 4.74 Å². The lowest BCUT2D eigenvalue weighted by atomic mass is 10.1. The molecule has 0 radical (unpaired) electrons. The molecule has 0 saturated heterocycles. The van der Waals surface area contributed by atoms with Crippen molar-refractivity contribution in [3.05, 3.63) is 54.5 Å². The molecule has 0 unspecified atom stereocenters. The summed E-state index contributed by atoms with van der Waals surface area (Å²) < 4.78 is 6.83. The third kappa shape index (κ3) is 2.48. The summed E-state index contributed by atoms with van der Waals surface area (Å²) in [6.07, 6.45) is 3.42. The Balaban J connectivity index is 2.12. The van der Waals surface area contributed by atoms with E-state index in [1.54, 1.807) is 24.2 Å². The first kappa shape index (κ1) is 13.3. The summed E-state index contributed by atoms with van der Waals surface area (Å²) in [5.41, 5.74) is 2.93. The van der Waals surface area contributed by atoms with E-state index < -0.39 is 0 Å². The van der Waals surface area contributed by atoms with Crippen LogP contribution in [0.25, 0.3) is 16.9 Å². The van der Waals surface area contributed by atoms with Gasteiger partial charge in [0.25, 0.3) is 0 Å². The fourth-order valence-corrected chi connectivity index (χ4v) is 2.12. The number of aliphatic hydroxyl groups excluding tert-OH is 1. The van der Waals surface area contributed by atoms with E-state index >= 15 is 0 Å². The van der Waals surface area contributed by atoms with Crippen LogP contribution in [0.1, 0.15) is 5.69 Å². The minimum Gasteiger partial charge on any atom is -0.497 e. The van der Waals surface area contributed by atoms with Crippen LogP contribution in [-0.4, -0.2) is 32.2 Å². The summed E-state index contributed by atoms with van der Waals surface area (Å²) in [4.78, 5) is 4.11. The number of ether oxygens (including phenoxy) is 1. The van der Waals surface area contributed by atoms with E-state index in [-0.39, 0.29) is 6.61 Å². The van der Waals surface area contributed by atoms with E-state index in [1.807, 2.05) is 36.4 Å². The lowest BCUT2D eigenvalue weighted by molar-refractivity contribution is 0.277. The average Bonchev–Trinajstić information content (AvgIpc) is 2.99. The lowest BCUT2D eigenvalue weighted by Gasteiger charge is -2.08. The summed E-state index contributed by atoms with van der Waals surface area (Å²) in [5.74, 6) is 0.768. The smallest absolute Gasteiger partial charge is 0.119 e. The van der Waals surface area contributed by atoms with Crippen LogP contribution in [0.3, 0.4) is 0 Å². The van der Waals surface area contributed by atoms with Crippen molar-refractivity contribution < 1.29 is 9.84 Å². The number of methoxy groups -OCH3 is 1. The van der Waals surface area contributed by atoms with Crippen molar-refractivity contribution in [2.24, 2.45) is 0 Å². The minimum atomic E-state index is -0.180. The Bertz CT molecular complexity index is 723. The van der Waals surface area contributed by atoms with Gasteiger partial charge in [-0.3, -0.25) is 4.98 Å². The molecule has 0 aliphatic carbocycles. The van der Waals surface area contributed by atoms with Gasteiger partial charge in [0.2, 0.25) is 0 Å². The molecule has 0 amide bonds. The van der Waals surface area contributed by atoms with Gasteiger partial charge in [-0.1, -0.05) is 5.21 Å². The lowest BCUT2D eigenvalue weighted by Crippen LogP contribution is -2.00. The molecule has 3 rings (SSSR count). The molecule has 1 aromatic carbocycles. The van der Waals surface area contributed by atoms with Crippen LogP contribution in [-0.2, 0) is 6.61 Å². The summed E-state index contributed by atoms with van der Waals surface area (Å²) in [6.45, 7) is -0.180. The molecule has 0 bridgehead atoms. The largest absolute Gasteiger partial charge is 0.497 e. The molecule has 0 aliphatic rings. The van der Waals surface area contributed by atoms with Gasteiger partial charge in [-0.25, -0.2) is 4.68 Å². The van der Waals surface area contributed by atoms with Gasteiger partial charge in [-0.05, 0) is 36.4 Å². The topological polar surface area (TPSA) is 73.1 Å². The molecule has 6 heteroatoms. The van der Waals surface area contributed by atoms with Crippen LogP contribution in [0.2, 0.25) is 0 Å². The first-order valence-corrected chi connectivity index (χ1v) is 6.43. The van der Waals surface area contributed by atoms with E-state index in [2.05, 4.69) is 15.3 Å². The first-order valence-electron chi connectivity index (χ1n) is 6.43. The monoisotopic (exact) mass is 282 g/mol. The molecular formula is C15H14N4O2. The Morgan fingerprint density at radius 3 is 2.62 bits per heavy atom. The van der Waals surface area contributed by atoms with Crippen molar-refractivity contribution in [2.75, 3.05) is 7.11 Å². The highest BCUT2D eigenvalue weighted by molar-refractivity contribution is 5.63. The molecule has 21 heavy (non-hydrogen) atoms. The standard InChI is InChI=1S/C15H14N4O2/c1-21-13-6-4-12(5-7-13)19-15(14(10-20)17-18-19)11-3-2-8-16-9-11/h2-9,20H,10H2,1H3. The molecule has 6 nitrogen and oxygen atoms in total. The predicted molar refractivity (Wildman–Crippen MR) is 77.1 cm³/mol. The number of benzene rings is 1. The average molecular weight is 282 g/mol. The van der Waals surface area contributed by atoms with Gasteiger partial charge in [0.05, 0.1) is 19.4 Å². The quantitative estimate of drug-likeness (QED) is 0.790. The van der Waals surface area contributed by atoms with Crippen molar-refractivity contribution in [2.45, 2.75) is 6.61 Å². The Hall–Kier alpha value is -2.73. The fraction of sp³-hybridized carbons (Fsp3) is 0.133. The van der Waals surface area contributed by atoms with Gasteiger partial charge < -0.3 is 9.84 Å². The zero-order chi connectivity index (χ0) is 14.7. The normalized spacial score (nSPS) is 10.6. The Labute approximate surface area is 121 Å². The third-order valence-corrected chi connectivity index (χ3v) is 3.14. The van der Waals surface area contributed by atoms with Crippen molar-refractivity contribution in [3.63, 3.8) is 0 Å². The highest BCUT2D eigenvalue weighted by Crippen LogP contribution is 2.25. The summed E-state index contributed by atoms with van der Waals surface area (Å²) >= 11 is 0. The van der Waals surface area contributed by atoms with Gasteiger partial charge in [0.15, 0.2) is 0 Å². The van der Waals surface area contributed by atoms with Crippen molar-refractivity contribution in [1.29, 1.82) is 0 Å². The van der Waals surface area contributed by atoms with E-state index in [1.165, 1.54) is 0 Å². The van der Waals surface area contributed by atoms with Crippen LogP contribution >= 0.6 is 0 Å². The Kier molecular flexibility index (Phi) is 3.61. The molecule has 0 spiro atoms. The van der Waals surface area contributed by atoms with Crippen LogP contribution in [0, 0.1) is 0 Å². The summed E-state index contributed by atoms with van der Waals surface area (Å²) in [7, 11) is 1.62. The maximum absolute atomic E-state index is 9.47. The van der Waals surface area contributed by atoms with Crippen LogP contribution in [0.15, 0.2) is 48.8 Å². The predicted octanol–water partition coefficient (Wildman–Crippen LogP) is 1.83. The second-order valence-electron chi connectivity index (χ2n) is 4.39. The van der Waals surface area contributed by atoms with E-state index in [0.29, 0.717) is 5.69 Å². The van der Waals surface area contributed by atoms with E-state index in [0.717, 1.165) is 22.7 Å². The number of hydrogen-bond donors (Lipinski definition) is 1. The van der Waals surface area contributed by atoms with Gasteiger partial charge in [-0.15, -0.1) is 5.10 Å². The number of aliphatic hydroxyl groups is 1. The number of hydrogen-bond acceptors (Lipinski definition) is 5. The molecule has 0 aliphatic heterocycles. The zero-order valence-corrected chi connectivity index (χ0v) is 11.5. The Morgan fingerprint density at radius 2 is 2.00 bits per heavy atom. The van der Waals surface area contributed by atoms with E-state index in [9.17, 15) is 5.11 Å². The summed E-state index contributed by atoms with van der Waals surface area (Å²) in [5, 5.41) is 17.6. The number of aromatic nitrogens is 4. The number of nitrogens with zero attached hydrogens (tertiary/aromatic N) is 4. The van der Waals surface area contributed by atoms with Crippen molar-refractivity contribution in [1.82, 2.24) is 20.0 Å². The Morgan fingerprint density at radius 1 is 1.19 bits per heavy atom. The van der Waals surface area contributed by atoms with Gasteiger partial charge in [0, 0.05) is 18.0 Å². The molecule has 106 valence electrons. The molecule has 0 saturated carbocycles. The maximum Gasteiger partial charge on any atom is 0.119 e. The SMILES string of the molecule is COc1ccc(-n2nnc(CO)c2-c2cccnc2)cc1. The zero-order valence-electron chi connectivity index (χ0n) is 11.5. The first-order chi connectivity index (χ1) is 10.3. The van der Waals surface area contributed by atoms with Crippen LogP contribution < -0.4 is 4.74 Å². The van der Waals surface area contributed by atoms with Crippen LogP contribution in [0.4, 0.5) is 0 Å². The minimum absolute atomic E-state index is 0.180. The number of pyridine rings is 1.